The van der Waals surface area contributed by atoms with Crippen molar-refractivity contribution >= 4 is 10.8 Å². The van der Waals surface area contributed by atoms with Crippen LogP contribution in [-0.4, -0.2) is 29.2 Å². The number of hydrogen-bond donors (Lipinski definition) is 1. The van der Waals surface area contributed by atoms with Gasteiger partial charge < -0.3 is 10.5 Å². The van der Waals surface area contributed by atoms with Gasteiger partial charge in [0.25, 0.3) is 0 Å². The minimum absolute atomic E-state index is 0.0190. The van der Waals surface area contributed by atoms with E-state index in [4.69, 9.17) is 10.5 Å². The minimum Gasteiger partial charge on any atom is -0.377 e. The molecule has 1 aromatic carbocycles. The highest BCUT2D eigenvalue weighted by Crippen LogP contribution is 2.14. The van der Waals surface area contributed by atoms with Gasteiger partial charge in [-0.1, -0.05) is 6.07 Å². The van der Waals surface area contributed by atoms with E-state index < -0.39 is 10.8 Å². The molecule has 18 heavy (non-hydrogen) atoms. The van der Waals surface area contributed by atoms with E-state index in [1.807, 2.05) is 32.0 Å². The van der Waals surface area contributed by atoms with E-state index in [0.29, 0.717) is 18.9 Å². The molecular weight excluding hydrogens is 246 g/mol. The SMILES string of the molecule is CCOC(CN)CCS(=O)c1ccc(C)c(C)c1. The molecule has 4 heteroatoms. The van der Waals surface area contributed by atoms with Gasteiger partial charge in [0.15, 0.2) is 0 Å². The molecule has 0 aliphatic heterocycles. The zero-order valence-electron chi connectivity index (χ0n) is 11.4. The monoisotopic (exact) mass is 269 g/mol. The molecule has 0 radical (unpaired) electrons. The molecule has 0 fully saturated rings. The Morgan fingerprint density at radius 2 is 2.06 bits per heavy atom. The first-order chi connectivity index (χ1) is 8.58. The lowest BCUT2D eigenvalue weighted by Crippen LogP contribution is -2.25. The molecule has 1 aromatic rings. The van der Waals surface area contributed by atoms with E-state index in [0.717, 1.165) is 11.3 Å². The van der Waals surface area contributed by atoms with Crippen LogP contribution in [0.5, 0.6) is 0 Å². The van der Waals surface area contributed by atoms with Crippen molar-refractivity contribution in [3.05, 3.63) is 29.3 Å². The van der Waals surface area contributed by atoms with Crippen molar-refractivity contribution in [3.63, 3.8) is 0 Å². The van der Waals surface area contributed by atoms with Gasteiger partial charge >= 0.3 is 0 Å². The second-order valence-corrected chi connectivity index (χ2v) is 5.97. The van der Waals surface area contributed by atoms with Gasteiger partial charge in [0.2, 0.25) is 0 Å². The highest BCUT2D eigenvalue weighted by molar-refractivity contribution is 7.85. The first-order valence-corrected chi connectivity index (χ1v) is 7.67. The maximum absolute atomic E-state index is 12.1. The lowest BCUT2D eigenvalue weighted by Gasteiger charge is -2.14. The second-order valence-electron chi connectivity index (χ2n) is 4.40. The van der Waals surface area contributed by atoms with E-state index >= 15 is 0 Å². The van der Waals surface area contributed by atoms with Gasteiger partial charge in [0.1, 0.15) is 0 Å². The van der Waals surface area contributed by atoms with Crippen LogP contribution in [-0.2, 0) is 15.5 Å². The van der Waals surface area contributed by atoms with Crippen LogP contribution < -0.4 is 5.73 Å². The van der Waals surface area contributed by atoms with Gasteiger partial charge in [-0.3, -0.25) is 4.21 Å². The molecule has 3 nitrogen and oxygen atoms in total. The number of aryl methyl sites for hydroxylation is 2. The number of benzene rings is 1. The average Bonchev–Trinajstić information content (AvgIpc) is 2.37. The van der Waals surface area contributed by atoms with Gasteiger partial charge in [-0.2, -0.15) is 0 Å². The van der Waals surface area contributed by atoms with E-state index in [-0.39, 0.29) is 6.10 Å². The fraction of sp³-hybridized carbons (Fsp3) is 0.571. The first-order valence-electron chi connectivity index (χ1n) is 6.35. The van der Waals surface area contributed by atoms with Crippen molar-refractivity contribution in [2.24, 2.45) is 5.73 Å². The standard InChI is InChI=1S/C14H23NO2S/c1-4-17-13(10-15)7-8-18(16)14-6-5-11(2)12(3)9-14/h5-6,9,13H,4,7-8,10,15H2,1-3H3. The number of nitrogens with two attached hydrogens (primary N) is 1. The summed E-state index contributed by atoms with van der Waals surface area (Å²) in [5, 5.41) is 0. The molecule has 2 N–H and O–H groups in total. The summed E-state index contributed by atoms with van der Waals surface area (Å²) >= 11 is 0. The van der Waals surface area contributed by atoms with Crippen LogP contribution in [0.2, 0.25) is 0 Å². The summed E-state index contributed by atoms with van der Waals surface area (Å²) in [6.45, 7) is 7.18. The Balaban J connectivity index is 2.57. The molecule has 0 saturated heterocycles. The molecule has 0 bridgehead atoms. The fourth-order valence-corrected chi connectivity index (χ4v) is 2.96. The summed E-state index contributed by atoms with van der Waals surface area (Å²) in [5.74, 6) is 0.602. The largest absolute Gasteiger partial charge is 0.377 e. The summed E-state index contributed by atoms with van der Waals surface area (Å²) < 4.78 is 17.6. The minimum atomic E-state index is -0.963. The summed E-state index contributed by atoms with van der Waals surface area (Å²) in [7, 11) is -0.963. The van der Waals surface area contributed by atoms with E-state index in [1.165, 1.54) is 11.1 Å². The van der Waals surface area contributed by atoms with Crippen LogP contribution >= 0.6 is 0 Å². The lowest BCUT2D eigenvalue weighted by molar-refractivity contribution is 0.0672. The Hall–Kier alpha value is -0.710. The summed E-state index contributed by atoms with van der Waals surface area (Å²) in [4.78, 5) is 0.894. The van der Waals surface area contributed by atoms with Crippen LogP contribution in [0.3, 0.4) is 0 Å². The van der Waals surface area contributed by atoms with Gasteiger partial charge in [-0.25, -0.2) is 0 Å². The molecule has 2 atom stereocenters. The summed E-state index contributed by atoms with van der Waals surface area (Å²) in [6.07, 6.45) is 0.759. The second kappa shape index (κ2) is 7.67. The van der Waals surface area contributed by atoms with Crippen LogP contribution in [0.1, 0.15) is 24.5 Å². The third-order valence-corrected chi connectivity index (χ3v) is 4.42. The zero-order chi connectivity index (χ0) is 13.5. The smallest absolute Gasteiger partial charge is 0.0706 e. The molecule has 1 rings (SSSR count). The van der Waals surface area contributed by atoms with Gasteiger partial charge in [-0.05, 0) is 50.5 Å². The van der Waals surface area contributed by atoms with Crippen molar-refractivity contribution in [1.82, 2.24) is 0 Å². The molecule has 0 aliphatic rings. The molecule has 0 spiro atoms. The van der Waals surface area contributed by atoms with Gasteiger partial charge in [0.05, 0.1) is 16.9 Å². The lowest BCUT2D eigenvalue weighted by atomic mass is 10.1. The van der Waals surface area contributed by atoms with Gasteiger partial charge in [0, 0.05) is 23.8 Å². The topological polar surface area (TPSA) is 52.3 Å². The van der Waals surface area contributed by atoms with Gasteiger partial charge in [-0.15, -0.1) is 0 Å². The molecule has 2 unspecified atom stereocenters. The number of rotatable bonds is 7. The van der Waals surface area contributed by atoms with Crippen LogP contribution in [0.15, 0.2) is 23.1 Å². The highest BCUT2D eigenvalue weighted by Gasteiger charge is 2.10. The van der Waals surface area contributed by atoms with Crippen LogP contribution in [0, 0.1) is 13.8 Å². The van der Waals surface area contributed by atoms with Crippen molar-refractivity contribution in [2.45, 2.75) is 38.2 Å². The Labute approximate surface area is 112 Å². The fourth-order valence-electron chi connectivity index (χ4n) is 1.72. The Kier molecular flexibility index (Phi) is 6.54. The van der Waals surface area contributed by atoms with E-state index in [1.54, 1.807) is 0 Å². The highest BCUT2D eigenvalue weighted by atomic mass is 32.2. The Bertz CT molecular complexity index is 407. The van der Waals surface area contributed by atoms with Crippen molar-refractivity contribution in [3.8, 4) is 0 Å². The molecule has 0 amide bonds. The third-order valence-electron chi connectivity index (χ3n) is 3.03. The molecule has 0 aromatic heterocycles. The van der Waals surface area contributed by atoms with Crippen molar-refractivity contribution in [2.75, 3.05) is 18.9 Å². The van der Waals surface area contributed by atoms with E-state index in [9.17, 15) is 4.21 Å². The quantitative estimate of drug-likeness (QED) is 0.825. The predicted molar refractivity (Wildman–Crippen MR) is 76.3 cm³/mol. The first kappa shape index (κ1) is 15.3. The summed E-state index contributed by atoms with van der Waals surface area (Å²) in [6, 6.07) is 5.96. The molecule has 102 valence electrons. The normalized spacial score (nSPS) is 14.4. The maximum atomic E-state index is 12.1. The zero-order valence-corrected chi connectivity index (χ0v) is 12.3. The third kappa shape index (κ3) is 4.52. The number of hydrogen-bond acceptors (Lipinski definition) is 3. The molecule has 0 saturated carbocycles. The van der Waals surface area contributed by atoms with Crippen LogP contribution in [0.25, 0.3) is 0 Å². The van der Waals surface area contributed by atoms with Crippen LogP contribution in [0.4, 0.5) is 0 Å². The Morgan fingerprint density at radius 3 is 2.61 bits per heavy atom. The molecule has 0 aliphatic carbocycles. The molecule has 0 heterocycles. The maximum Gasteiger partial charge on any atom is 0.0706 e. The number of ether oxygens (including phenoxy) is 1. The Morgan fingerprint density at radius 1 is 1.33 bits per heavy atom. The molecular formula is C14H23NO2S. The van der Waals surface area contributed by atoms with Crippen molar-refractivity contribution < 1.29 is 8.95 Å². The predicted octanol–water partition coefficient (Wildman–Crippen LogP) is 2.16. The van der Waals surface area contributed by atoms with E-state index in [2.05, 4.69) is 6.92 Å². The van der Waals surface area contributed by atoms with Crippen molar-refractivity contribution in [1.29, 1.82) is 0 Å². The summed E-state index contributed by atoms with van der Waals surface area (Å²) in [5.41, 5.74) is 8.01. The average molecular weight is 269 g/mol.